The zero-order valence-electron chi connectivity index (χ0n) is 12.4. The Morgan fingerprint density at radius 2 is 2.14 bits per heavy atom. The molecule has 0 saturated heterocycles. The van der Waals surface area contributed by atoms with Gasteiger partial charge in [0.15, 0.2) is 0 Å². The van der Waals surface area contributed by atoms with Crippen LogP contribution in [0.4, 0.5) is 5.69 Å². The van der Waals surface area contributed by atoms with Crippen molar-refractivity contribution in [2.45, 2.75) is 32.7 Å². The number of nitro groups is 1. The van der Waals surface area contributed by atoms with Gasteiger partial charge in [0.2, 0.25) is 0 Å². The molecule has 6 nitrogen and oxygen atoms in total. The predicted octanol–water partition coefficient (Wildman–Crippen LogP) is 2.96. The molecule has 112 valence electrons. The third-order valence-electron chi connectivity index (χ3n) is 3.46. The van der Waals surface area contributed by atoms with Crippen LogP contribution in [0.25, 0.3) is 10.9 Å². The van der Waals surface area contributed by atoms with Gasteiger partial charge in [0.1, 0.15) is 12.4 Å². The summed E-state index contributed by atoms with van der Waals surface area (Å²) in [4.78, 5) is 14.8. The van der Waals surface area contributed by atoms with Crippen molar-refractivity contribution < 1.29 is 9.66 Å². The molecular formula is C15H19N3O3. The smallest absolute Gasteiger partial charge is 0.270 e. The lowest BCUT2D eigenvalue weighted by molar-refractivity contribution is -0.384. The molecule has 0 fully saturated rings. The lowest BCUT2D eigenvalue weighted by Gasteiger charge is -2.23. The number of nitrogens with zero attached hydrogens (tertiary/aromatic N) is 2. The van der Waals surface area contributed by atoms with Crippen molar-refractivity contribution in [3.63, 3.8) is 0 Å². The number of ether oxygens (including phenoxy) is 1. The maximum atomic E-state index is 10.9. The van der Waals surface area contributed by atoms with E-state index in [1.54, 1.807) is 12.1 Å². The van der Waals surface area contributed by atoms with Crippen molar-refractivity contribution in [2.75, 3.05) is 6.61 Å². The number of fused-ring (bicyclic) bond motifs is 1. The third-order valence-corrected chi connectivity index (χ3v) is 3.46. The van der Waals surface area contributed by atoms with Crippen LogP contribution in [0, 0.1) is 17.0 Å². The summed E-state index contributed by atoms with van der Waals surface area (Å²) in [6.07, 6.45) is 0.773. The maximum Gasteiger partial charge on any atom is 0.270 e. The summed E-state index contributed by atoms with van der Waals surface area (Å²) >= 11 is 0. The first kappa shape index (κ1) is 15.2. The molecule has 1 atom stereocenters. The van der Waals surface area contributed by atoms with E-state index in [-0.39, 0.29) is 5.69 Å². The summed E-state index contributed by atoms with van der Waals surface area (Å²) in [6.45, 7) is 6.09. The second kappa shape index (κ2) is 5.65. The summed E-state index contributed by atoms with van der Waals surface area (Å²) < 4.78 is 5.80. The van der Waals surface area contributed by atoms with Gasteiger partial charge < -0.3 is 10.5 Å². The Labute approximate surface area is 123 Å². The second-order valence-corrected chi connectivity index (χ2v) is 5.52. The van der Waals surface area contributed by atoms with Crippen LogP contribution in [-0.2, 0) is 0 Å². The van der Waals surface area contributed by atoms with E-state index in [2.05, 4.69) is 4.98 Å². The Hall–Kier alpha value is -2.21. The van der Waals surface area contributed by atoms with E-state index in [4.69, 9.17) is 10.5 Å². The minimum absolute atomic E-state index is 0.0176. The first-order chi connectivity index (χ1) is 9.82. The number of non-ortho nitro benzene ring substituents is 1. The first-order valence-corrected chi connectivity index (χ1v) is 6.80. The number of hydrogen-bond donors (Lipinski definition) is 1. The molecule has 0 aliphatic carbocycles. The van der Waals surface area contributed by atoms with Gasteiger partial charge in [-0.2, -0.15) is 0 Å². The quantitative estimate of drug-likeness (QED) is 0.675. The zero-order chi connectivity index (χ0) is 15.6. The van der Waals surface area contributed by atoms with Crippen LogP contribution < -0.4 is 10.5 Å². The highest BCUT2D eigenvalue weighted by Crippen LogP contribution is 2.29. The van der Waals surface area contributed by atoms with Crippen LogP contribution in [0.1, 0.15) is 26.0 Å². The Morgan fingerprint density at radius 1 is 1.43 bits per heavy atom. The normalized spacial score (nSPS) is 13.9. The molecule has 1 aromatic carbocycles. The van der Waals surface area contributed by atoms with Crippen molar-refractivity contribution in [1.29, 1.82) is 0 Å². The SMILES string of the molecule is CCC(C)(N)COc1cc(C)nc2ccc([N+](=O)[O-])cc12. The van der Waals surface area contributed by atoms with Gasteiger partial charge in [0.25, 0.3) is 5.69 Å². The standard InChI is InChI=1S/C15H19N3O3/c1-4-15(3,16)9-21-14-7-10(2)17-13-6-5-11(18(19)20)8-12(13)14/h5-8H,4,9,16H2,1-3H3. The van der Waals surface area contributed by atoms with E-state index in [1.165, 1.54) is 12.1 Å². The molecule has 0 aliphatic heterocycles. The lowest BCUT2D eigenvalue weighted by atomic mass is 10.0. The summed E-state index contributed by atoms with van der Waals surface area (Å²) in [5, 5.41) is 11.5. The average Bonchev–Trinajstić information content (AvgIpc) is 2.44. The van der Waals surface area contributed by atoms with Gasteiger partial charge in [-0.1, -0.05) is 6.92 Å². The molecule has 2 rings (SSSR count). The molecule has 0 amide bonds. The fraction of sp³-hybridized carbons (Fsp3) is 0.400. The van der Waals surface area contributed by atoms with Gasteiger partial charge in [0, 0.05) is 34.8 Å². The minimum Gasteiger partial charge on any atom is -0.491 e. The number of aromatic nitrogens is 1. The van der Waals surface area contributed by atoms with Crippen LogP contribution in [0.3, 0.4) is 0 Å². The number of nitro benzene ring substituents is 1. The molecule has 1 aromatic heterocycles. The summed E-state index contributed by atoms with van der Waals surface area (Å²) in [5.74, 6) is 0.575. The van der Waals surface area contributed by atoms with Crippen molar-refractivity contribution in [2.24, 2.45) is 5.73 Å². The van der Waals surface area contributed by atoms with Gasteiger partial charge in [-0.25, -0.2) is 0 Å². The molecule has 0 radical (unpaired) electrons. The van der Waals surface area contributed by atoms with Crippen molar-refractivity contribution in [1.82, 2.24) is 4.98 Å². The van der Waals surface area contributed by atoms with Crippen LogP contribution in [0.2, 0.25) is 0 Å². The van der Waals surface area contributed by atoms with Gasteiger partial charge in [0.05, 0.1) is 10.4 Å². The summed E-state index contributed by atoms with van der Waals surface area (Å²) in [7, 11) is 0. The highest BCUT2D eigenvalue weighted by atomic mass is 16.6. The van der Waals surface area contributed by atoms with Crippen LogP contribution >= 0.6 is 0 Å². The van der Waals surface area contributed by atoms with Crippen molar-refractivity contribution >= 4 is 16.6 Å². The minimum atomic E-state index is -0.440. The van der Waals surface area contributed by atoms with Crippen LogP contribution in [0.15, 0.2) is 24.3 Å². The predicted molar refractivity (Wildman–Crippen MR) is 81.5 cm³/mol. The molecule has 0 aliphatic rings. The van der Waals surface area contributed by atoms with Gasteiger partial charge in [-0.15, -0.1) is 0 Å². The Kier molecular flexibility index (Phi) is 4.09. The second-order valence-electron chi connectivity index (χ2n) is 5.52. The fourth-order valence-electron chi connectivity index (χ4n) is 1.89. The molecule has 0 saturated carbocycles. The lowest BCUT2D eigenvalue weighted by Crippen LogP contribution is -2.41. The number of aryl methyl sites for hydroxylation is 1. The van der Waals surface area contributed by atoms with Crippen molar-refractivity contribution in [3.05, 3.63) is 40.1 Å². The zero-order valence-corrected chi connectivity index (χ0v) is 12.4. The van der Waals surface area contributed by atoms with Gasteiger partial charge >= 0.3 is 0 Å². The maximum absolute atomic E-state index is 10.9. The molecule has 21 heavy (non-hydrogen) atoms. The summed E-state index contributed by atoms with van der Waals surface area (Å²) in [6, 6.07) is 6.33. The van der Waals surface area contributed by atoms with Gasteiger partial charge in [-0.05, 0) is 26.3 Å². The fourth-order valence-corrected chi connectivity index (χ4v) is 1.89. The molecular weight excluding hydrogens is 270 g/mol. The molecule has 1 heterocycles. The third kappa shape index (κ3) is 3.46. The van der Waals surface area contributed by atoms with E-state index in [0.717, 1.165) is 12.1 Å². The topological polar surface area (TPSA) is 91.3 Å². The molecule has 0 bridgehead atoms. The highest BCUT2D eigenvalue weighted by Gasteiger charge is 2.18. The average molecular weight is 289 g/mol. The first-order valence-electron chi connectivity index (χ1n) is 6.80. The monoisotopic (exact) mass is 289 g/mol. The number of hydrogen-bond acceptors (Lipinski definition) is 5. The Bertz CT molecular complexity index is 683. The Morgan fingerprint density at radius 3 is 2.76 bits per heavy atom. The van der Waals surface area contributed by atoms with Crippen LogP contribution in [0.5, 0.6) is 5.75 Å². The number of pyridine rings is 1. The number of benzene rings is 1. The van der Waals surface area contributed by atoms with Crippen molar-refractivity contribution in [3.8, 4) is 5.75 Å². The molecule has 6 heteroatoms. The molecule has 2 N–H and O–H groups in total. The number of rotatable bonds is 5. The van der Waals surface area contributed by atoms with E-state index in [1.807, 2.05) is 20.8 Å². The van der Waals surface area contributed by atoms with E-state index in [9.17, 15) is 10.1 Å². The largest absolute Gasteiger partial charge is 0.491 e. The number of nitrogens with two attached hydrogens (primary N) is 1. The molecule has 0 spiro atoms. The highest BCUT2D eigenvalue weighted by molar-refractivity contribution is 5.87. The molecule has 2 aromatic rings. The van der Waals surface area contributed by atoms with Crippen LogP contribution in [-0.4, -0.2) is 22.1 Å². The Balaban J connectivity index is 2.45. The summed E-state index contributed by atoms with van der Waals surface area (Å²) in [5.41, 5.74) is 7.12. The van der Waals surface area contributed by atoms with Gasteiger partial charge in [-0.3, -0.25) is 15.1 Å². The van der Waals surface area contributed by atoms with E-state index < -0.39 is 10.5 Å². The van der Waals surface area contributed by atoms with E-state index in [0.29, 0.717) is 23.3 Å². The van der Waals surface area contributed by atoms with E-state index >= 15 is 0 Å². The molecule has 1 unspecified atom stereocenters.